The second kappa shape index (κ2) is 10.0. The number of aromatic nitrogens is 1. The molecule has 0 unspecified atom stereocenters. The topological polar surface area (TPSA) is 65.5 Å². The average molecular weight is 387 g/mol. The van der Waals surface area contributed by atoms with Gasteiger partial charge in [-0.15, -0.1) is 0 Å². The van der Waals surface area contributed by atoms with Gasteiger partial charge in [0, 0.05) is 44.0 Å². The van der Waals surface area contributed by atoms with Gasteiger partial charge in [-0.1, -0.05) is 6.92 Å². The lowest BCUT2D eigenvalue weighted by molar-refractivity contribution is -0.121. The van der Waals surface area contributed by atoms with E-state index in [1.54, 1.807) is 6.20 Å². The number of carbonyl (C=O) groups is 2. The van der Waals surface area contributed by atoms with Crippen LogP contribution in [-0.4, -0.2) is 65.4 Å². The van der Waals surface area contributed by atoms with Crippen molar-refractivity contribution >= 4 is 11.8 Å². The quantitative estimate of drug-likeness (QED) is 0.782. The van der Waals surface area contributed by atoms with E-state index in [2.05, 4.69) is 22.1 Å². The van der Waals surface area contributed by atoms with Crippen LogP contribution in [0, 0.1) is 12.8 Å². The van der Waals surface area contributed by atoms with Gasteiger partial charge in [-0.25, -0.2) is 0 Å². The van der Waals surface area contributed by atoms with Gasteiger partial charge in [0.1, 0.15) is 0 Å². The van der Waals surface area contributed by atoms with Crippen molar-refractivity contribution in [2.24, 2.45) is 5.92 Å². The van der Waals surface area contributed by atoms with Crippen LogP contribution >= 0.6 is 0 Å². The van der Waals surface area contributed by atoms with Gasteiger partial charge in [-0.05, 0) is 70.2 Å². The minimum atomic E-state index is 0.0823. The molecule has 3 heterocycles. The zero-order valence-electron chi connectivity index (χ0n) is 17.3. The van der Waals surface area contributed by atoms with Crippen LogP contribution in [0.3, 0.4) is 0 Å². The molecule has 1 N–H and O–H groups in total. The molecule has 2 fully saturated rings. The Morgan fingerprint density at radius 3 is 2.71 bits per heavy atom. The first-order chi connectivity index (χ1) is 13.6. The van der Waals surface area contributed by atoms with Gasteiger partial charge in [0.2, 0.25) is 5.91 Å². The summed E-state index contributed by atoms with van der Waals surface area (Å²) >= 11 is 0. The molecular weight excluding hydrogens is 352 g/mol. The summed E-state index contributed by atoms with van der Waals surface area (Å²) < 4.78 is 0. The first kappa shape index (κ1) is 20.8. The zero-order valence-corrected chi connectivity index (χ0v) is 17.3. The van der Waals surface area contributed by atoms with E-state index in [4.69, 9.17) is 0 Å². The second-order valence-electron chi connectivity index (χ2n) is 8.14. The van der Waals surface area contributed by atoms with Gasteiger partial charge < -0.3 is 10.2 Å². The Morgan fingerprint density at radius 1 is 1.21 bits per heavy atom. The van der Waals surface area contributed by atoms with Crippen molar-refractivity contribution in [1.29, 1.82) is 0 Å². The molecular formula is C22H34N4O2. The molecule has 0 aromatic carbocycles. The molecule has 6 nitrogen and oxygen atoms in total. The Kier molecular flexibility index (Phi) is 7.43. The highest BCUT2D eigenvalue weighted by Gasteiger charge is 2.26. The molecule has 2 aliphatic heterocycles. The summed E-state index contributed by atoms with van der Waals surface area (Å²) in [6.45, 7) is 8.62. The first-order valence-corrected chi connectivity index (χ1v) is 10.8. The summed E-state index contributed by atoms with van der Waals surface area (Å²) in [5.41, 5.74) is 1.49. The van der Waals surface area contributed by atoms with Gasteiger partial charge in [0.15, 0.2) is 0 Å². The number of pyridine rings is 1. The van der Waals surface area contributed by atoms with E-state index in [0.717, 1.165) is 57.7 Å². The van der Waals surface area contributed by atoms with Crippen molar-refractivity contribution in [3.05, 3.63) is 29.6 Å². The number of carbonyl (C=O) groups excluding carboxylic acids is 2. The maximum atomic E-state index is 12.7. The van der Waals surface area contributed by atoms with E-state index in [9.17, 15) is 9.59 Å². The van der Waals surface area contributed by atoms with Crippen LogP contribution in [-0.2, 0) is 4.79 Å². The second-order valence-corrected chi connectivity index (χ2v) is 8.14. The van der Waals surface area contributed by atoms with Gasteiger partial charge in [-0.3, -0.25) is 19.5 Å². The molecule has 0 spiro atoms. The van der Waals surface area contributed by atoms with Crippen LogP contribution in [0.2, 0.25) is 0 Å². The monoisotopic (exact) mass is 386 g/mol. The molecule has 2 amide bonds. The third-order valence-electron chi connectivity index (χ3n) is 6.36. The lowest BCUT2D eigenvalue weighted by Gasteiger charge is -2.32. The third-order valence-corrected chi connectivity index (χ3v) is 6.36. The summed E-state index contributed by atoms with van der Waals surface area (Å²) in [6.07, 6.45) is 7.62. The summed E-state index contributed by atoms with van der Waals surface area (Å²) in [6, 6.07) is 4.18. The van der Waals surface area contributed by atoms with Gasteiger partial charge in [-0.2, -0.15) is 0 Å². The lowest BCUT2D eigenvalue weighted by Crippen LogP contribution is -2.40. The third kappa shape index (κ3) is 5.31. The molecule has 1 aromatic rings. The highest BCUT2D eigenvalue weighted by atomic mass is 16.2. The molecule has 1 atom stereocenters. The number of aryl methyl sites for hydroxylation is 1. The van der Waals surface area contributed by atoms with Crippen LogP contribution in [0.5, 0.6) is 0 Å². The Morgan fingerprint density at radius 2 is 2.00 bits per heavy atom. The van der Waals surface area contributed by atoms with E-state index < -0.39 is 0 Å². The smallest absolute Gasteiger partial charge is 0.255 e. The van der Waals surface area contributed by atoms with E-state index in [1.165, 1.54) is 12.8 Å². The summed E-state index contributed by atoms with van der Waals surface area (Å²) in [5.74, 6) is 0.787. The number of amides is 2. The van der Waals surface area contributed by atoms with Crippen LogP contribution < -0.4 is 5.32 Å². The molecule has 0 radical (unpaired) electrons. The number of hydrogen-bond donors (Lipinski definition) is 1. The zero-order chi connectivity index (χ0) is 19.9. The molecule has 0 saturated carbocycles. The van der Waals surface area contributed by atoms with E-state index in [0.29, 0.717) is 23.9 Å². The Hall–Kier alpha value is -1.95. The van der Waals surface area contributed by atoms with Gasteiger partial charge >= 0.3 is 0 Å². The molecule has 6 heteroatoms. The van der Waals surface area contributed by atoms with Gasteiger partial charge in [0.25, 0.3) is 5.91 Å². The van der Waals surface area contributed by atoms with Crippen LogP contribution in [0.25, 0.3) is 0 Å². The summed E-state index contributed by atoms with van der Waals surface area (Å²) in [7, 11) is 0. The van der Waals surface area contributed by atoms with E-state index in [1.807, 2.05) is 24.0 Å². The predicted molar refractivity (Wildman–Crippen MR) is 110 cm³/mol. The number of nitrogens with one attached hydrogen (secondary N) is 1. The molecule has 0 bridgehead atoms. The normalized spacial score (nSPS) is 21.1. The first-order valence-electron chi connectivity index (χ1n) is 10.8. The Balaban J connectivity index is 1.36. The fourth-order valence-electron chi connectivity index (χ4n) is 4.50. The van der Waals surface area contributed by atoms with Crippen molar-refractivity contribution in [2.45, 2.75) is 58.4 Å². The van der Waals surface area contributed by atoms with Crippen molar-refractivity contribution in [3.8, 4) is 0 Å². The van der Waals surface area contributed by atoms with Gasteiger partial charge in [0.05, 0.1) is 5.56 Å². The number of likely N-dealkylation sites (N-methyl/N-ethyl adjacent to an activating group) is 1. The average Bonchev–Trinajstić information content (AvgIpc) is 3.18. The maximum Gasteiger partial charge on any atom is 0.255 e. The summed E-state index contributed by atoms with van der Waals surface area (Å²) in [5, 5.41) is 3.13. The lowest BCUT2D eigenvalue weighted by atomic mass is 9.91. The number of nitrogens with zero attached hydrogens (tertiary/aromatic N) is 3. The summed E-state index contributed by atoms with van der Waals surface area (Å²) in [4.78, 5) is 33.5. The van der Waals surface area contributed by atoms with E-state index in [-0.39, 0.29) is 11.8 Å². The minimum Gasteiger partial charge on any atom is -0.355 e. The molecule has 2 aliphatic rings. The van der Waals surface area contributed by atoms with Crippen molar-refractivity contribution < 1.29 is 9.59 Å². The van der Waals surface area contributed by atoms with Crippen LogP contribution in [0.4, 0.5) is 0 Å². The fourth-order valence-corrected chi connectivity index (χ4v) is 4.50. The largest absolute Gasteiger partial charge is 0.355 e. The predicted octanol–water partition coefficient (Wildman–Crippen LogP) is 2.62. The van der Waals surface area contributed by atoms with Crippen molar-refractivity contribution in [1.82, 2.24) is 20.1 Å². The maximum absolute atomic E-state index is 12.7. The van der Waals surface area contributed by atoms with E-state index >= 15 is 0 Å². The fraction of sp³-hybridized carbons (Fsp3) is 0.682. The molecule has 1 aromatic heterocycles. The number of hydrogen-bond acceptors (Lipinski definition) is 4. The van der Waals surface area contributed by atoms with Crippen LogP contribution in [0.1, 0.15) is 61.5 Å². The molecule has 154 valence electrons. The Labute approximate surface area is 168 Å². The molecule has 0 aliphatic carbocycles. The molecule has 2 saturated heterocycles. The minimum absolute atomic E-state index is 0.0823. The van der Waals surface area contributed by atoms with Crippen LogP contribution in [0.15, 0.2) is 18.3 Å². The molecule has 3 rings (SSSR count). The highest BCUT2D eigenvalue weighted by molar-refractivity contribution is 5.95. The number of rotatable bonds is 7. The number of likely N-dealkylation sites (tertiary alicyclic amines) is 2. The van der Waals surface area contributed by atoms with Crippen molar-refractivity contribution in [3.63, 3.8) is 0 Å². The SMILES string of the molecule is CCN1CCC[C@H]1CNC(=O)CCC1CCN(C(=O)c2cccnc2C)CC1. The number of piperidine rings is 1. The molecule has 28 heavy (non-hydrogen) atoms. The van der Waals surface area contributed by atoms with Crippen molar-refractivity contribution in [2.75, 3.05) is 32.7 Å². The highest BCUT2D eigenvalue weighted by Crippen LogP contribution is 2.23. The standard InChI is InChI=1S/C22H34N4O2/c1-3-25-13-5-6-19(25)16-24-21(27)9-8-18-10-14-26(15-11-18)22(28)20-7-4-12-23-17(20)2/h4,7,12,18-19H,3,5-6,8-11,13-16H2,1-2H3,(H,24,27)/t19-/m0/s1. The Bertz CT molecular complexity index is 670.